The number of hydrogen-bond acceptors (Lipinski definition) is 10. The number of nitrogens with one attached hydrogen (secondary N) is 1. The van der Waals surface area contributed by atoms with Gasteiger partial charge in [0.1, 0.15) is 12.4 Å². The summed E-state index contributed by atoms with van der Waals surface area (Å²) < 4.78 is 13.0. The maximum Gasteiger partial charge on any atom is 0.318 e. The summed E-state index contributed by atoms with van der Waals surface area (Å²) in [6.45, 7) is -0.410. The van der Waals surface area contributed by atoms with Gasteiger partial charge in [-0.05, 0) is 29.5 Å². The molecule has 3 aromatic rings. The first kappa shape index (κ1) is 20.9. The SMILES string of the molecule is O=C(Cn1nnc(-c2ccc(F)cc2)n1)NN=Cc1cc([N+](=O)[O-])cc([N+](=O)[O-])c1O. The largest absolute Gasteiger partial charge is 0.502 e. The van der Waals surface area contributed by atoms with Crippen LogP contribution >= 0.6 is 0 Å². The van der Waals surface area contributed by atoms with Gasteiger partial charge in [-0.3, -0.25) is 25.0 Å². The highest BCUT2D eigenvalue weighted by atomic mass is 19.1. The fourth-order valence-corrected chi connectivity index (χ4v) is 2.33. The number of aromatic nitrogens is 4. The molecule has 0 aliphatic carbocycles. The van der Waals surface area contributed by atoms with Crippen LogP contribution in [0.1, 0.15) is 5.56 Å². The van der Waals surface area contributed by atoms with Crippen LogP contribution < -0.4 is 5.43 Å². The second-order valence-electron chi connectivity index (χ2n) is 5.86. The topological polar surface area (TPSA) is 192 Å². The summed E-state index contributed by atoms with van der Waals surface area (Å²) in [5.74, 6) is -1.85. The Bertz CT molecular complexity index is 1190. The summed E-state index contributed by atoms with van der Waals surface area (Å²) in [5.41, 5.74) is 0.666. The number of rotatable bonds is 7. The molecule has 0 fully saturated rings. The highest BCUT2D eigenvalue weighted by molar-refractivity contribution is 5.88. The van der Waals surface area contributed by atoms with Crippen molar-refractivity contribution in [3.8, 4) is 17.1 Å². The molecule has 0 saturated carbocycles. The number of benzene rings is 2. The summed E-state index contributed by atoms with van der Waals surface area (Å²) in [6.07, 6.45) is 0.811. The number of hydrazone groups is 1. The van der Waals surface area contributed by atoms with E-state index in [1.807, 2.05) is 0 Å². The van der Waals surface area contributed by atoms with Crippen LogP contribution in [0.2, 0.25) is 0 Å². The average Bonchev–Trinajstić information content (AvgIpc) is 3.17. The maximum absolute atomic E-state index is 13.0. The van der Waals surface area contributed by atoms with Crippen molar-refractivity contribution in [3.63, 3.8) is 0 Å². The van der Waals surface area contributed by atoms with Crippen LogP contribution in [-0.2, 0) is 11.3 Å². The van der Waals surface area contributed by atoms with Crippen LogP contribution in [-0.4, -0.2) is 47.3 Å². The number of hydrogen-bond donors (Lipinski definition) is 2. The van der Waals surface area contributed by atoms with E-state index in [2.05, 4.69) is 25.9 Å². The minimum Gasteiger partial charge on any atom is -0.502 e. The molecule has 0 aliphatic heterocycles. The lowest BCUT2D eigenvalue weighted by Crippen LogP contribution is -2.24. The number of carbonyl (C=O) groups excluding carboxylic acids is 1. The molecule has 3 rings (SSSR count). The summed E-state index contributed by atoms with van der Waals surface area (Å²) >= 11 is 0. The van der Waals surface area contributed by atoms with E-state index < -0.39 is 45.2 Å². The maximum atomic E-state index is 13.0. The van der Waals surface area contributed by atoms with E-state index in [0.29, 0.717) is 11.6 Å². The Hall–Kier alpha value is -4.82. The number of nitro benzene ring substituents is 2. The van der Waals surface area contributed by atoms with E-state index in [9.17, 15) is 34.5 Å². The molecule has 158 valence electrons. The first-order chi connectivity index (χ1) is 14.7. The Kier molecular flexibility index (Phi) is 5.85. The van der Waals surface area contributed by atoms with Crippen molar-refractivity contribution < 1.29 is 24.1 Å². The van der Waals surface area contributed by atoms with Crippen LogP contribution in [0.5, 0.6) is 5.75 Å². The van der Waals surface area contributed by atoms with E-state index in [1.54, 1.807) is 0 Å². The van der Waals surface area contributed by atoms with Gasteiger partial charge in [-0.2, -0.15) is 9.90 Å². The van der Waals surface area contributed by atoms with Gasteiger partial charge in [-0.1, -0.05) is 0 Å². The highest BCUT2D eigenvalue weighted by Gasteiger charge is 2.23. The summed E-state index contributed by atoms with van der Waals surface area (Å²) in [4.78, 5) is 32.8. The van der Waals surface area contributed by atoms with Crippen molar-refractivity contribution in [2.45, 2.75) is 6.54 Å². The van der Waals surface area contributed by atoms with Crippen molar-refractivity contribution in [3.05, 3.63) is 68.0 Å². The number of non-ortho nitro benzene ring substituents is 1. The molecule has 15 heteroatoms. The Morgan fingerprint density at radius 2 is 1.94 bits per heavy atom. The molecule has 14 nitrogen and oxygen atoms in total. The van der Waals surface area contributed by atoms with Crippen molar-refractivity contribution in [1.29, 1.82) is 0 Å². The zero-order chi connectivity index (χ0) is 22.5. The molecule has 0 spiro atoms. The Morgan fingerprint density at radius 1 is 1.23 bits per heavy atom. The smallest absolute Gasteiger partial charge is 0.318 e. The summed E-state index contributed by atoms with van der Waals surface area (Å²) in [7, 11) is 0. The number of amides is 1. The van der Waals surface area contributed by atoms with Gasteiger partial charge in [-0.25, -0.2) is 9.82 Å². The van der Waals surface area contributed by atoms with E-state index in [-0.39, 0.29) is 11.4 Å². The molecular formula is C16H11FN8O6. The van der Waals surface area contributed by atoms with Gasteiger partial charge in [-0.15, -0.1) is 10.2 Å². The standard InChI is InChI=1S/C16H11FN8O6/c17-11-3-1-9(2-4-11)16-20-22-23(21-16)8-14(26)19-18-7-10-5-12(24(28)29)6-13(15(10)27)25(30)31/h1-7,27H,8H2,(H,19,26). The second-order valence-corrected chi connectivity index (χ2v) is 5.86. The molecule has 0 unspecified atom stereocenters. The van der Waals surface area contributed by atoms with Crippen molar-refractivity contribution in [2.75, 3.05) is 0 Å². The number of tetrazole rings is 1. The van der Waals surface area contributed by atoms with E-state index in [0.717, 1.165) is 17.1 Å². The van der Waals surface area contributed by atoms with Crippen molar-refractivity contribution >= 4 is 23.5 Å². The lowest BCUT2D eigenvalue weighted by molar-refractivity contribution is -0.394. The number of aromatic hydroxyl groups is 1. The van der Waals surface area contributed by atoms with Crippen LogP contribution in [0.25, 0.3) is 11.4 Å². The zero-order valence-electron chi connectivity index (χ0n) is 15.2. The van der Waals surface area contributed by atoms with Crippen LogP contribution in [0, 0.1) is 26.0 Å². The molecule has 31 heavy (non-hydrogen) atoms. The van der Waals surface area contributed by atoms with Gasteiger partial charge in [0.05, 0.1) is 27.7 Å². The van der Waals surface area contributed by atoms with Gasteiger partial charge >= 0.3 is 5.69 Å². The average molecular weight is 430 g/mol. The number of phenols is 1. The van der Waals surface area contributed by atoms with Crippen LogP contribution in [0.15, 0.2) is 41.5 Å². The van der Waals surface area contributed by atoms with Gasteiger partial charge in [0.25, 0.3) is 11.6 Å². The molecule has 1 aromatic heterocycles. The molecule has 1 heterocycles. The number of carbonyl (C=O) groups is 1. The molecule has 2 aromatic carbocycles. The molecule has 1 amide bonds. The van der Waals surface area contributed by atoms with Crippen LogP contribution in [0.3, 0.4) is 0 Å². The quantitative estimate of drug-likeness (QED) is 0.314. The van der Waals surface area contributed by atoms with Crippen molar-refractivity contribution in [1.82, 2.24) is 25.6 Å². The number of phenolic OH excluding ortho intramolecular Hbond substituents is 1. The Morgan fingerprint density at radius 3 is 2.58 bits per heavy atom. The third-order valence-electron chi connectivity index (χ3n) is 3.74. The molecule has 0 saturated heterocycles. The minimum atomic E-state index is -0.993. The first-order valence-corrected chi connectivity index (χ1v) is 8.26. The molecule has 0 radical (unpaired) electrons. The third kappa shape index (κ3) is 4.97. The molecular weight excluding hydrogens is 419 g/mol. The Labute approximate surface area is 170 Å². The van der Waals surface area contributed by atoms with Gasteiger partial charge < -0.3 is 5.11 Å². The lowest BCUT2D eigenvalue weighted by atomic mass is 10.1. The molecule has 0 aliphatic rings. The normalized spacial score (nSPS) is 10.9. The van der Waals surface area contributed by atoms with Gasteiger partial charge in [0, 0.05) is 11.6 Å². The number of nitro groups is 2. The lowest BCUT2D eigenvalue weighted by Gasteiger charge is -2.01. The molecule has 0 atom stereocenters. The van der Waals surface area contributed by atoms with Crippen molar-refractivity contribution in [2.24, 2.45) is 5.10 Å². The predicted octanol–water partition coefficient (Wildman–Crippen LogP) is 1.15. The van der Waals surface area contributed by atoms with E-state index in [4.69, 9.17) is 0 Å². The monoisotopic (exact) mass is 430 g/mol. The van der Waals surface area contributed by atoms with Gasteiger partial charge in [0.2, 0.25) is 11.6 Å². The Balaban J connectivity index is 1.68. The number of nitrogens with zero attached hydrogens (tertiary/aromatic N) is 7. The second kappa shape index (κ2) is 8.68. The minimum absolute atomic E-state index is 0.158. The number of halogens is 1. The van der Waals surface area contributed by atoms with Crippen LogP contribution in [0.4, 0.5) is 15.8 Å². The zero-order valence-corrected chi connectivity index (χ0v) is 15.2. The fourth-order valence-electron chi connectivity index (χ4n) is 2.33. The fraction of sp³-hybridized carbons (Fsp3) is 0.0625. The first-order valence-electron chi connectivity index (χ1n) is 8.26. The third-order valence-corrected chi connectivity index (χ3v) is 3.74. The molecule has 0 bridgehead atoms. The highest BCUT2D eigenvalue weighted by Crippen LogP contribution is 2.33. The summed E-state index contributed by atoms with van der Waals surface area (Å²) in [5, 5.41) is 46.6. The van der Waals surface area contributed by atoms with E-state index in [1.165, 1.54) is 24.3 Å². The van der Waals surface area contributed by atoms with E-state index >= 15 is 0 Å². The molecule has 2 N–H and O–H groups in total. The summed E-state index contributed by atoms with van der Waals surface area (Å²) in [6, 6.07) is 6.75. The van der Waals surface area contributed by atoms with Gasteiger partial charge in [0.15, 0.2) is 0 Å². The predicted molar refractivity (Wildman–Crippen MR) is 100 cm³/mol.